The first-order valence-corrected chi connectivity index (χ1v) is 13.0. The SMILES string of the molecule is Cc1cccc(C(=O)Nc2ccc3c(c2)CC(NCCNc2ccccc2)C3)c1-c1ccc(C(F)(F)F)cc1. The normalized spacial score (nSPS) is 14.6. The molecule has 0 heterocycles. The lowest BCUT2D eigenvalue weighted by molar-refractivity contribution is -0.137. The van der Waals surface area contributed by atoms with Gasteiger partial charge in [-0.2, -0.15) is 13.2 Å². The molecular weight excluding hydrogens is 499 g/mol. The zero-order valence-electron chi connectivity index (χ0n) is 21.6. The third-order valence-electron chi connectivity index (χ3n) is 7.08. The molecule has 0 aliphatic heterocycles. The Balaban J connectivity index is 1.23. The maximum absolute atomic E-state index is 13.3. The maximum atomic E-state index is 13.3. The Hall–Kier alpha value is -4.10. The average Bonchev–Trinajstić information content (AvgIpc) is 3.33. The topological polar surface area (TPSA) is 53.2 Å². The van der Waals surface area contributed by atoms with Gasteiger partial charge in [-0.1, -0.05) is 48.5 Å². The van der Waals surface area contributed by atoms with Gasteiger partial charge in [0.2, 0.25) is 0 Å². The van der Waals surface area contributed by atoms with Crippen molar-refractivity contribution in [2.24, 2.45) is 0 Å². The predicted octanol–water partition coefficient (Wildman–Crippen LogP) is 7.10. The van der Waals surface area contributed by atoms with Crippen LogP contribution in [0.1, 0.15) is 32.6 Å². The number of anilines is 2. The highest BCUT2D eigenvalue weighted by molar-refractivity contribution is 6.09. The Morgan fingerprint density at radius 3 is 2.31 bits per heavy atom. The quantitative estimate of drug-likeness (QED) is 0.213. The number of alkyl halides is 3. The van der Waals surface area contributed by atoms with Gasteiger partial charge in [-0.15, -0.1) is 0 Å². The van der Waals surface area contributed by atoms with Crippen molar-refractivity contribution in [3.8, 4) is 11.1 Å². The van der Waals surface area contributed by atoms with Crippen LogP contribution in [0.2, 0.25) is 0 Å². The summed E-state index contributed by atoms with van der Waals surface area (Å²) in [6.07, 6.45) is -2.60. The average molecular weight is 530 g/mol. The van der Waals surface area contributed by atoms with Crippen LogP contribution in [0.3, 0.4) is 0 Å². The summed E-state index contributed by atoms with van der Waals surface area (Å²) >= 11 is 0. The molecule has 0 fully saturated rings. The number of nitrogens with one attached hydrogen (secondary N) is 3. The van der Waals surface area contributed by atoms with Gasteiger partial charge in [0.1, 0.15) is 0 Å². The number of hydrogen-bond acceptors (Lipinski definition) is 3. The fourth-order valence-electron chi connectivity index (χ4n) is 5.14. The third kappa shape index (κ3) is 6.32. The van der Waals surface area contributed by atoms with Crippen molar-refractivity contribution in [3.63, 3.8) is 0 Å². The van der Waals surface area contributed by atoms with E-state index in [9.17, 15) is 18.0 Å². The fourth-order valence-corrected chi connectivity index (χ4v) is 5.14. The molecule has 4 nitrogen and oxygen atoms in total. The fraction of sp³-hybridized carbons (Fsp3) is 0.219. The molecule has 1 unspecified atom stereocenters. The monoisotopic (exact) mass is 529 g/mol. The molecule has 5 rings (SSSR count). The van der Waals surface area contributed by atoms with Gasteiger partial charge in [0.15, 0.2) is 0 Å². The molecule has 4 aromatic rings. The highest BCUT2D eigenvalue weighted by Crippen LogP contribution is 2.34. The number of amides is 1. The van der Waals surface area contributed by atoms with Gasteiger partial charge in [-0.3, -0.25) is 4.79 Å². The molecular formula is C32H30F3N3O. The second-order valence-electron chi connectivity index (χ2n) is 9.86. The number of fused-ring (bicyclic) bond motifs is 1. The number of halogens is 3. The summed E-state index contributed by atoms with van der Waals surface area (Å²) in [5.74, 6) is -0.298. The Kier molecular flexibility index (Phi) is 7.70. The summed E-state index contributed by atoms with van der Waals surface area (Å²) in [6, 6.07) is 26.7. The summed E-state index contributed by atoms with van der Waals surface area (Å²) < 4.78 is 39.1. The Morgan fingerprint density at radius 2 is 1.56 bits per heavy atom. The Labute approximate surface area is 226 Å². The first-order valence-electron chi connectivity index (χ1n) is 13.0. The molecule has 39 heavy (non-hydrogen) atoms. The van der Waals surface area contributed by atoms with Crippen molar-refractivity contribution in [1.29, 1.82) is 0 Å². The standard InChI is InChI=1S/C32H30F3N3O/c1-21-6-5-9-29(30(21)22-10-13-25(14-11-22)32(33,34)35)31(39)38-27-15-12-23-18-28(20-24(23)19-27)37-17-16-36-26-7-3-2-4-8-26/h2-15,19,28,36-37H,16-18,20H2,1H3,(H,38,39). The summed E-state index contributed by atoms with van der Waals surface area (Å²) in [7, 11) is 0. The highest BCUT2D eigenvalue weighted by Gasteiger charge is 2.30. The predicted molar refractivity (Wildman–Crippen MR) is 150 cm³/mol. The van der Waals surface area contributed by atoms with E-state index in [4.69, 9.17) is 0 Å². The lowest BCUT2D eigenvalue weighted by Crippen LogP contribution is -2.33. The van der Waals surface area contributed by atoms with E-state index in [1.54, 1.807) is 12.1 Å². The second kappa shape index (κ2) is 11.3. The van der Waals surface area contributed by atoms with Crippen molar-refractivity contribution in [3.05, 3.63) is 119 Å². The lowest BCUT2D eigenvalue weighted by Gasteiger charge is -2.15. The molecule has 1 atom stereocenters. The van der Waals surface area contributed by atoms with Crippen molar-refractivity contribution in [2.45, 2.75) is 32.0 Å². The van der Waals surface area contributed by atoms with Crippen LogP contribution in [0.25, 0.3) is 11.1 Å². The van der Waals surface area contributed by atoms with Crippen LogP contribution in [0.4, 0.5) is 24.5 Å². The van der Waals surface area contributed by atoms with Crippen LogP contribution in [0, 0.1) is 6.92 Å². The van der Waals surface area contributed by atoms with E-state index in [1.807, 2.05) is 55.5 Å². The van der Waals surface area contributed by atoms with Crippen LogP contribution in [0.15, 0.2) is 91.0 Å². The number of para-hydroxylation sites is 1. The molecule has 4 aromatic carbocycles. The summed E-state index contributed by atoms with van der Waals surface area (Å²) in [6.45, 7) is 3.52. The summed E-state index contributed by atoms with van der Waals surface area (Å²) in [5, 5.41) is 10.0. The molecule has 1 aliphatic carbocycles. The van der Waals surface area contributed by atoms with E-state index in [-0.39, 0.29) is 5.91 Å². The van der Waals surface area contributed by atoms with E-state index < -0.39 is 11.7 Å². The first kappa shape index (κ1) is 26.5. The summed E-state index contributed by atoms with van der Waals surface area (Å²) in [4.78, 5) is 13.3. The number of carbonyl (C=O) groups excluding carboxylic acids is 1. The molecule has 1 amide bonds. The molecule has 0 saturated heterocycles. The van der Waals surface area contributed by atoms with Crippen molar-refractivity contribution in [1.82, 2.24) is 5.32 Å². The van der Waals surface area contributed by atoms with Gasteiger partial charge in [-0.25, -0.2) is 0 Å². The van der Waals surface area contributed by atoms with Gasteiger partial charge in [-0.05, 0) is 90.0 Å². The van der Waals surface area contributed by atoms with Crippen LogP contribution in [-0.4, -0.2) is 25.0 Å². The minimum absolute atomic E-state index is 0.298. The molecule has 0 radical (unpaired) electrons. The van der Waals surface area contributed by atoms with Crippen LogP contribution < -0.4 is 16.0 Å². The first-order chi connectivity index (χ1) is 18.8. The highest BCUT2D eigenvalue weighted by atomic mass is 19.4. The van der Waals surface area contributed by atoms with Gasteiger partial charge in [0.05, 0.1) is 5.56 Å². The van der Waals surface area contributed by atoms with Crippen molar-refractivity contribution in [2.75, 3.05) is 23.7 Å². The number of rotatable bonds is 8. The van der Waals surface area contributed by atoms with Crippen LogP contribution in [0.5, 0.6) is 0 Å². The van der Waals surface area contributed by atoms with Gasteiger partial charge in [0, 0.05) is 36.1 Å². The molecule has 0 spiro atoms. The molecule has 200 valence electrons. The van der Waals surface area contributed by atoms with Gasteiger partial charge >= 0.3 is 6.18 Å². The van der Waals surface area contributed by atoms with E-state index in [0.29, 0.717) is 28.4 Å². The van der Waals surface area contributed by atoms with Gasteiger partial charge in [0.25, 0.3) is 5.91 Å². The molecule has 1 aliphatic rings. The Bertz CT molecular complexity index is 1450. The molecule has 3 N–H and O–H groups in total. The van der Waals surface area contributed by atoms with Crippen molar-refractivity contribution < 1.29 is 18.0 Å². The van der Waals surface area contributed by atoms with E-state index in [1.165, 1.54) is 23.3 Å². The zero-order valence-corrected chi connectivity index (χ0v) is 21.6. The molecule has 0 saturated carbocycles. The molecule has 0 aromatic heterocycles. The lowest BCUT2D eigenvalue weighted by atomic mass is 9.93. The van der Waals surface area contributed by atoms with E-state index >= 15 is 0 Å². The largest absolute Gasteiger partial charge is 0.416 e. The summed E-state index contributed by atoms with van der Waals surface area (Å²) in [5.41, 5.74) is 5.97. The number of carbonyl (C=O) groups is 1. The second-order valence-corrected chi connectivity index (χ2v) is 9.86. The van der Waals surface area contributed by atoms with Gasteiger partial charge < -0.3 is 16.0 Å². The van der Waals surface area contributed by atoms with Crippen LogP contribution >= 0.6 is 0 Å². The van der Waals surface area contributed by atoms with Crippen molar-refractivity contribution >= 4 is 17.3 Å². The minimum Gasteiger partial charge on any atom is -0.384 e. The number of benzene rings is 4. The smallest absolute Gasteiger partial charge is 0.384 e. The minimum atomic E-state index is -4.41. The maximum Gasteiger partial charge on any atom is 0.416 e. The van der Waals surface area contributed by atoms with Crippen LogP contribution in [-0.2, 0) is 19.0 Å². The molecule has 7 heteroatoms. The number of hydrogen-bond donors (Lipinski definition) is 3. The third-order valence-corrected chi connectivity index (χ3v) is 7.08. The van der Waals surface area contributed by atoms with E-state index in [2.05, 4.69) is 22.0 Å². The number of aryl methyl sites for hydroxylation is 1. The zero-order chi connectivity index (χ0) is 27.4. The molecule has 0 bridgehead atoms. The Morgan fingerprint density at radius 1 is 0.821 bits per heavy atom. The van der Waals surface area contributed by atoms with E-state index in [0.717, 1.165) is 49.3 Å².